The van der Waals surface area contributed by atoms with E-state index in [0.29, 0.717) is 18.3 Å². The third-order valence-electron chi connectivity index (χ3n) is 4.74. The molecule has 3 aromatic rings. The zero-order chi connectivity index (χ0) is 18.1. The zero-order valence-corrected chi connectivity index (χ0v) is 14.8. The van der Waals surface area contributed by atoms with E-state index in [-0.39, 0.29) is 11.6 Å². The van der Waals surface area contributed by atoms with Gasteiger partial charge in [0.15, 0.2) is 5.82 Å². The molecule has 4 heterocycles. The van der Waals surface area contributed by atoms with Gasteiger partial charge in [-0.25, -0.2) is 14.9 Å². The van der Waals surface area contributed by atoms with Gasteiger partial charge in [0.1, 0.15) is 11.6 Å². The number of piperidine rings is 1. The molecule has 9 heteroatoms. The quantitative estimate of drug-likeness (QED) is 0.759. The Morgan fingerprint density at radius 1 is 1.38 bits per heavy atom. The zero-order valence-electron chi connectivity index (χ0n) is 14.8. The molecule has 0 bridgehead atoms. The lowest BCUT2D eigenvalue weighted by Gasteiger charge is -2.33. The van der Waals surface area contributed by atoms with Crippen molar-refractivity contribution in [2.75, 3.05) is 18.0 Å². The van der Waals surface area contributed by atoms with Crippen LogP contribution in [0.25, 0.3) is 11.5 Å². The van der Waals surface area contributed by atoms with Crippen LogP contribution in [0.15, 0.2) is 27.6 Å². The number of pyridine rings is 1. The third-order valence-corrected chi connectivity index (χ3v) is 4.74. The molecule has 9 nitrogen and oxygen atoms in total. The minimum atomic E-state index is -0.142. The summed E-state index contributed by atoms with van der Waals surface area (Å²) in [5.74, 6) is 3.02. The van der Waals surface area contributed by atoms with Crippen LogP contribution in [0.1, 0.15) is 37.3 Å². The van der Waals surface area contributed by atoms with E-state index in [1.54, 1.807) is 17.7 Å². The highest BCUT2D eigenvalue weighted by atomic mass is 16.5. The fraction of sp³-hybridized carbons (Fsp3) is 0.471. The molecule has 0 unspecified atom stereocenters. The van der Waals surface area contributed by atoms with Crippen LogP contribution in [0.4, 0.5) is 5.82 Å². The Morgan fingerprint density at radius 2 is 2.27 bits per heavy atom. The molecule has 1 saturated heterocycles. The Balaban J connectivity index is 1.53. The number of nitrogens with zero attached hydrogens (tertiary/aromatic N) is 6. The topological polar surface area (TPSA) is 106 Å². The van der Waals surface area contributed by atoms with Crippen molar-refractivity contribution in [3.05, 3.63) is 40.5 Å². The number of aryl methyl sites for hydroxylation is 1. The lowest BCUT2D eigenvalue weighted by Crippen LogP contribution is -2.36. The van der Waals surface area contributed by atoms with Crippen LogP contribution >= 0.6 is 0 Å². The molecule has 136 valence electrons. The van der Waals surface area contributed by atoms with Gasteiger partial charge in [-0.05, 0) is 38.8 Å². The molecule has 0 saturated carbocycles. The monoisotopic (exact) mass is 355 g/mol. The van der Waals surface area contributed by atoms with Gasteiger partial charge < -0.3 is 9.42 Å². The van der Waals surface area contributed by atoms with Crippen LogP contribution in [0.5, 0.6) is 0 Å². The molecule has 0 radical (unpaired) electrons. The number of aromatic amines is 1. The van der Waals surface area contributed by atoms with Crippen molar-refractivity contribution in [1.29, 1.82) is 0 Å². The Bertz CT molecular complexity index is 941. The number of anilines is 1. The Labute approximate surface area is 150 Å². The second-order valence-corrected chi connectivity index (χ2v) is 6.47. The number of hydrogen-bond donors (Lipinski definition) is 1. The van der Waals surface area contributed by atoms with Crippen molar-refractivity contribution >= 4 is 5.82 Å². The molecule has 1 N–H and O–H groups in total. The molecule has 3 aromatic heterocycles. The molecule has 1 aliphatic heterocycles. The van der Waals surface area contributed by atoms with Gasteiger partial charge in [-0.1, -0.05) is 5.16 Å². The molecule has 0 aromatic carbocycles. The second-order valence-electron chi connectivity index (χ2n) is 6.47. The summed E-state index contributed by atoms with van der Waals surface area (Å²) in [6.07, 6.45) is 3.80. The summed E-state index contributed by atoms with van der Waals surface area (Å²) < 4.78 is 6.89. The molecule has 0 amide bonds. The maximum atomic E-state index is 11.8. The van der Waals surface area contributed by atoms with Crippen LogP contribution in [0, 0.1) is 6.92 Å². The van der Waals surface area contributed by atoms with E-state index >= 15 is 0 Å². The largest absolute Gasteiger partial charge is 0.356 e. The first-order chi connectivity index (χ1) is 12.7. The van der Waals surface area contributed by atoms with Gasteiger partial charge in [0, 0.05) is 31.7 Å². The molecular formula is C17H21N7O2. The molecule has 0 spiro atoms. The molecule has 0 aliphatic carbocycles. The molecule has 1 aliphatic rings. The van der Waals surface area contributed by atoms with Crippen molar-refractivity contribution in [3.8, 4) is 11.5 Å². The lowest BCUT2D eigenvalue weighted by atomic mass is 9.97. The number of hydrogen-bond acceptors (Lipinski definition) is 7. The maximum Gasteiger partial charge on any atom is 0.343 e. The normalized spacial score (nSPS) is 17.6. The van der Waals surface area contributed by atoms with E-state index in [4.69, 9.17) is 4.52 Å². The van der Waals surface area contributed by atoms with Crippen molar-refractivity contribution in [1.82, 2.24) is 29.9 Å². The summed E-state index contributed by atoms with van der Waals surface area (Å²) in [7, 11) is 0. The van der Waals surface area contributed by atoms with Crippen molar-refractivity contribution in [2.45, 2.75) is 39.2 Å². The summed E-state index contributed by atoms with van der Waals surface area (Å²) in [5.41, 5.74) is 0.659. The van der Waals surface area contributed by atoms with Gasteiger partial charge in [0.2, 0.25) is 0 Å². The Hall–Kier alpha value is -2.97. The average Bonchev–Trinajstić information content (AvgIpc) is 3.27. The van der Waals surface area contributed by atoms with Crippen molar-refractivity contribution in [2.24, 2.45) is 0 Å². The first-order valence-corrected chi connectivity index (χ1v) is 8.82. The SMILES string of the molecule is CCn1c([C@@H]2CCCN(c3ccc(-c4nc(C)no4)cn3)C2)n[nH]c1=O. The van der Waals surface area contributed by atoms with E-state index in [1.165, 1.54) is 0 Å². The van der Waals surface area contributed by atoms with Gasteiger partial charge in [-0.15, -0.1) is 0 Å². The van der Waals surface area contributed by atoms with E-state index < -0.39 is 0 Å². The van der Waals surface area contributed by atoms with Crippen LogP contribution in [-0.4, -0.2) is 43.0 Å². The summed E-state index contributed by atoms with van der Waals surface area (Å²) >= 11 is 0. The van der Waals surface area contributed by atoms with E-state index in [9.17, 15) is 4.79 Å². The maximum absolute atomic E-state index is 11.8. The van der Waals surface area contributed by atoms with Crippen molar-refractivity contribution in [3.63, 3.8) is 0 Å². The smallest absolute Gasteiger partial charge is 0.343 e. The summed E-state index contributed by atoms with van der Waals surface area (Å²) in [4.78, 5) is 22.9. The molecule has 4 rings (SSSR count). The fourth-order valence-electron chi connectivity index (χ4n) is 3.46. The van der Waals surface area contributed by atoms with Gasteiger partial charge in [-0.2, -0.15) is 10.1 Å². The summed E-state index contributed by atoms with van der Waals surface area (Å²) in [5, 5.41) is 10.6. The van der Waals surface area contributed by atoms with E-state index in [2.05, 4.69) is 30.2 Å². The first-order valence-electron chi connectivity index (χ1n) is 8.82. The number of aromatic nitrogens is 6. The Morgan fingerprint density at radius 3 is 2.96 bits per heavy atom. The highest BCUT2D eigenvalue weighted by Gasteiger charge is 2.26. The first kappa shape index (κ1) is 16.5. The molecular weight excluding hydrogens is 334 g/mol. The highest BCUT2D eigenvalue weighted by molar-refractivity contribution is 5.54. The highest BCUT2D eigenvalue weighted by Crippen LogP contribution is 2.28. The molecule has 1 fully saturated rings. The van der Waals surface area contributed by atoms with Crippen molar-refractivity contribution < 1.29 is 4.52 Å². The minimum absolute atomic E-state index is 0.142. The lowest BCUT2D eigenvalue weighted by molar-refractivity contribution is 0.425. The third kappa shape index (κ3) is 3.00. The van der Waals surface area contributed by atoms with Crippen LogP contribution < -0.4 is 10.6 Å². The number of rotatable bonds is 4. The van der Waals surface area contributed by atoms with Gasteiger partial charge >= 0.3 is 5.69 Å². The predicted molar refractivity (Wildman–Crippen MR) is 95.0 cm³/mol. The van der Waals surface area contributed by atoms with Gasteiger partial charge in [0.25, 0.3) is 5.89 Å². The molecule has 26 heavy (non-hydrogen) atoms. The molecule has 1 atom stereocenters. The van der Waals surface area contributed by atoms with E-state index in [0.717, 1.165) is 43.1 Å². The predicted octanol–water partition coefficient (Wildman–Crippen LogP) is 1.73. The van der Waals surface area contributed by atoms with Gasteiger partial charge in [-0.3, -0.25) is 4.57 Å². The average molecular weight is 355 g/mol. The fourth-order valence-corrected chi connectivity index (χ4v) is 3.46. The minimum Gasteiger partial charge on any atom is -0.356 e. The standard InChI is InChI=1S/C17H21N7O2/c1-3-24-15(20-21-17(24)25)13-5-4-8-23(10-13)14-7-6-12(9-18-14)16-19-11(2)22-26-16/h6-7,9,13H,3-5,8,10H2,1-2H3,(H,21,25)/t13-/m1/s1. The summed E-state index contributed by atoms with van der Waals surface area (Å²) in [6.45, 7) is 6.09. The number of nitrogens with one attached hydrogen (secondary N) is 1. The Kier molecular flexibility index (Phi) is 4.27. The van der Waals surface area contributed by atoms with Gasteiger partial charge in [0.05, 0.1) is 5.56 Å². The summed E-state index contributed by atoms with van der Waals surface area (Å²) in [6, 6.07) is 3.91. The number of H-pyrrole nitrogens is 1. The van der Waals surface area contributed by atoms with Crippen LogP contribution in [-0.2, 0) is 6.54 Å². The van der Waals surface area contributed by atoms with Crippen LogP contribution in [0.2, 0.25) is 0 Å². The van der Waals surface area contributed by atoms with Crippen LogP contribution in [0.3, 0.4) is 0 Å². The second kappa shape index (κ2) is 6.74. The van der Waals surface area contributed by atoms with E-state index in [1.807, 2.05) is 19.1 Å².